The number of aromatic nitrogens is 2. The molecule has 4 aromatic rings. The maximum Gasteiger partial charge on any atom is 2.00 e. The monoisotopic (exact) mass is 462 g/mol. The van der Waals surface area contributed by atoms with Gasteiger partial charge in [0.1, 0.15) is 34.3 Å². The molecule has 150 valence electrons. The molecule has 4 rings (SSSR count). The Hall–Kier alpha value is -3.70. The number of nitrogens with zero attached hydrogens (tertiary/aromatic N) is 4. The zero-order valence-corrected chi connectivity index (χ0v) is 20.0. The first kappa shape index (κ1) is 23.6. The topological polar surface area (TPSA) is 72.9 Å². The molecule has 0 bridgehead atoms. The Bertz CT molecular complexity index is 1070. The molecule has 7 heteroatoms. The maximum atomic E-state index is 9.44. The van der Waals surface area contributed by atoms with Crippen LogP contribution < -0.4 is 9.13 Å². The summed E-state index contributed by atoms with van der Waals surface area (Å²) in [5.74, 6) is 0.114. The van der Waals surface area contributed by atoms with E-state index in [0.29, 0.717) is 11.4 Å². The number of hydrogen-bond acceptors (Lipinski definition) is 4. The van der Waals surface area contributed by atoms with Gasteiger partial charge in [-0.1, -0.05) is 60.7 Å². The summed E-state index contributed by atoms with van der Waals surface area (Å²) in [6.07, 6.45) is 3.84. The van der Waals surface area contributed by atoms with Crippen LogP contribution in [0.2, 0.25) is 0 Å². The molecule has 2 aromatic carbocycles. The first-order chi connectivity index (χ1) is 14.6. The van der Waals surface area contributed by atoms with Crippen LogP contribution in [-0.2, 0) is 19.5 Å². The summed E-state index contributed by atoms with van der Waals surface area (Å²) < 4.78 is 3.66. The maximum absolute atomic E-state index is 9.44. The van der Waals surface area contributed by atoms with E-state index in [0.717, 1.165) is 11.4 Å². The van der Waals surface area contributed by atoms with Gasteiger partial charge in [-0.3, -0.25) is 0 Å². The van der Waals surface area contributed by atoms with E-state index in [1.54, 1.807) is 36.4 Å². The second-order valence-corrected chi connectivity index (χ2v) is 6.29. The summed E-state index contributed by atoms with van der Waals surface area (Å²) in [6.45, 7) is 0. The molecule has 0 radical (unpaired) electrons. The largest absolute Gasteiger partial charge is 2.00 e. The third-order valence-electron chi connectivity index (χ3n) is 4.17. The molecule has 31 heavy (non-hydrogen) atoms. The van der Waals surface area contributed by atoms with Crippen LogP contribution in [0.4, 0.5) is 11.4 Å². The van der Waals surface area contributed by atoms with Crippen molar-refractivity contribution in [3.8, 4) is 22.9 Å². The summed E-state index contributed by atoms with van der Waals surface area (Å²) in [6, 6.07) is 25.2. The molecular formula is C24H22N4O2Zn+2. The van der Waals surface area contributed by atoms with E-state index < -0.39 is 0 Å². The number of phenolic OH excluding ortho intramolecular Hbond substituents is 2. The van der Waals surface area contributed by atoms with Gasteiger partial charge in [0.2, 0.25) is 0 Å². The van der Waals surface area contributed by atoms with Crippen molar-refractivity contribution >= 4 is 11.4 Å². The van der Waals surface area contributed by atoms with E-state index in [1.165, 1.54) is 12.1 Å². The van der Waals surface area contributed by atoms with Crippen LogP contribution in [0.5, 0.6) is 11.5 Å². The summed E-state index contributed by atoms with van der Waals surface area (Å²) >= 11 is 0. The molecule has 0 unspecified atom stereocenters. The minimum atomic E-state index is 0. The fraction of sp³-hybridized carbons (Fsp3) is 0. The van der Waals surface area contributed by atoms with E-state index in [4.69, 9.17) is 0 Å². The Labute approximate surface area is 194 Å². The van der Waals surface area contributed by atoms with Gasteiger partial charge < -0.3 is 19.3 Å². The van der Waals surface area contributed by atoms with Crippen LogP contribution in [0, 0.1) is 14.1 Å². The summed E-state index contributed by atoms with van der Waals surface area (Å²) in [7, 11) is 7.83. The Morgan fingerprint density at radius 1 is 0.548 bits per heavy atom. The number of phenols is 2. The molecule has 0 aliphatic carbocycles. The quantitative estimate of drug-likeness (QED) is 0.200. The minimum absolute atomic E-state index is 0. The molecule has 0 aliphatic heterocycles. The van der Waals surface area contributed by atoms with Crippen LogP contribution in [0.15, 0.2) is 108 Å². The second kappa shape index (κ2) is 11.5. The fourth-order valence-electron chi connectivity index (χ4n) is 2.62. The molecular weight excluding hydrogens is 442 g/mol. The van der Waals surface area contributed by atoms with Crippen molar-refractivity contribution < 1.29 is 38.8 Å². The van der Waals surface area contributed by atoms with Crippen molar-refractivity contribution in [2.24, 2.45) is 10.2 Å². The van der Waals surface area contributed by atoms with E-state index in [9.17, 15) is 10.2 Å². The van der Waals surface area contributed by atoms with Gasteiger partial charge in [-0.2, -0.15) is 0 Å². The molecule has 0 spiro atoms. The number of benzene rings is 2. The normalized spacial score (nSPS) is 10.1. The van der Waals surface area contributed by atoms with Gasteiger partial charge in [0.25, 0.3) is 0 Å². The zero-order valence-electron chi connectivity index (χ0n) is 17.0. The molecule has 0 fully saturated rings. The molecule has 0 atom stereocenters. The first-order valence-corrected chi connectivity index (χ1v) is 9.17. The Morgan fingerprint density at radius 3 is 1.26 bits per heavy atom. The molecule has 0 aliphatic rings. The number of hydrogen-bond donors (Lipinski definition) is 2. The van der Waals surface area contributed by atoms with Crippen molar-refractivity contribution in [2.45, 2.75) is 0 Å². The molecule has 2 N–H and O–H groups in total. The smallest absolute Gasteiger partial charge is 0.506 e. The van der Waals surface area contributed by atoms with Gasteiger partial charge in [0, 0.05) is 14.1 Å². The van der Waals surface area contributed by atoms with Crippen molar-refractivity contribution in [3.05, 3.63) is 111 Å². The van der Waals surface area contributed by atoms with Gasteiger partial charge in [-0.05, 0) is 24.3 Å². The fourth-order valence-corrected chi connectivity index (χ4v) is 2.62. The van der Waals surface area contributed by atoms with Gasteiger partial charge in [0.05, 0.1) is 12.4 Å². The summed E-state index contributed by atoms with van der Waals surface area (Å²) in [5, 5.41) is 26.6. The predicted octanol–water partition coefficient (Wildman–Crippen LogP) is 4.72. The third-order valence-corrected chi connectivity index (χ3v) is 4.17. The van der Waals surface area contributed by atoms with Crippen molar-refractivity contribution in [1.82, 2.24) is 0 Å². The van der Waals surface area contributed by atoms with Crippen LogP contribution >= 0.6 is 0 Å². The van der Waals surface area contributed by atoms with E-state index in [-0.39, 0.29) is 31.0 Å². The summed E-state index contributed by atoms with van der Waals surface area (Å²) in [4.78, 5) is 0. The van der Waals surface area contributed by atoms with Crippen molar-refractivity contribution in [2.75, 3.05) is 0 Å². The Balaban J connectivity index is 0.000000215. The third kappa shape index (κ3) is 6.39. The SMILES string of the molecule is Oc1ccccc1N=Nc1ccccc1O.[CH2-][n+]1ccccc1-c1cccc[n+]1[CH2-].[Zn+2]. The minimum Gasteiger partial charge on any atom is -0.506 e. The van der Waals surface area contributed by atoms with E-state index in [1.807, 2.05) is 57.9 Å². The second-order valence-electron chi connectivity index (χ2n) is 6.29. The van der Waals surface area contributed by atoms with E-state index >= 15 is 0 Å². The summed E-state index contributed by atoms with van der Waals surface area (Å²) in [5.41, 5.74) is 2.82. The number of para-hydroxylation sites is 2. The van der Waals surface area contributed by atoms with Crippen LogP contribution in [0.3, 0.4) is 0 Å². The average molecular weight is 464 g/mol. The number of pyridine rings is 2. The van der Waals surface area contributed by atoms with Gasteiger partial charge in [-0.25, -0.2) is 0 Å². The molecule has 2 heterocycles. The van der Waals surface area contributed by atoms with Crippen LogP contribution in [-0.4, -0.2) is 10.2 Å². The Kier molecular flexibility index (Phi) is 8.73. The van der Waals surface area contributed by atoms with Gasteiger partial charge >= 0.3 is 19.5 Å². The standard InChI is InChI=1S/C12H10N2O2.C12H12N2.Zn/c15-11-7-3-1-5-9(11)13-14-10-6-2-4-8-12(10)16;1-13-9-5-3-7-11(13)12-8-4-6-10-14(12)2;/h1-8,15-16H;3-10H,1-2H2;/q;;+2. The van der Waals surface area contributed by atoms with Crippen molar-refractivity contribution in [3.63, 3.8) is 0 Å². The molecule has 0 saturated carbocycles. The molecule has 6 nitrogen and oxygen atoms in total. The average Bonchev–Trinajstić information content (AvgIpc) is 2.76. The van der Waals surface area contributed by atoms with Crippen LogP contribution in [0.1, 0.15) is 0 Å². The number of rotatable bonds is 3. The van der Waals surface area contributed by atoms with Gasteiger partial charge in [-0.15, -0.1) is 10.2 Å². The Morgan fingerprint density at radius 2 is 0.903 bits per heavy atom. The first-order valence-electron chi connectivity index (χ1n) is 9.17. The molecule has 0 amide bonds. The number of aromatic hydroxyl groups is 2. The predicted molar refractivity (Wildman–Crippen MR) is 114 cm³/mol. The zero-order chi connectivity index (χ0) is 21.3. The molecule has 0 saturated heterocycles. The van der Waals surface area contributed by atoms with E-state index in [2.05, 4.69) is 24.3 Å². The van der Waals surface area contributed by atoms with Crippen molar-refractivity contribution in [1.29, 1.82) is 0 Å². The number of azo groups is 1. The van der Waals surface area contributed by atoms with Crippen LogP contribution in [0.25, 0.3) is 11.4 Å². The van der Waals surface area contributed by atoms with Gasteiger partial charge in [0.15, 0.2) is 0 Å². The molecule has 2 aromatic heterocycles.